The van der Waals surface area contributed by atoms with Crippen LogP contribution in [0.15, 0.2) is 4.99 Å². The molecule has 114 valence electrons. The Hall–Kier alpha value is -0.180. The van der Waals surface area contributed by atoms with Crippen molar-refractivity contribution in [2.24, 2.45) is 27.7 Å². The highest BCUT2D eigenvalue weighted by Crippen LogP contribution is 2.68. The van der Waals surface area contributed by atoms with E-state index in [1.165, 1.54) is 36.6 Å². The summed E-state index contributed by atoms with van der Waals surface area (Å²) in [7, 11) is 0. The van der Waals surface area contributed by atoms with Gasteiger partial charge in [-0.1, -0.05) is 59.2 Å². The molecule has 1 N–H and O–H groups in total. The normalized spacial score (nSPS) is 41.0. The molecule has 3 aliphatic rings. The van der Waals surface area contributed by atoms with Crippen LogP contribution < -0.4 is 5.32 Å². The summed E-state index contributed by atoms with van der Waals surface area (Å²) in [5.74, 6) is 2.84. The number of thioether (sulfide) groups is 1. The van der Waals surface area contributed by atoms with Crippen molar-refractivity contribution in [1.82, 2.24) is 5.32 Å². The molecule has 2 unspecified atom stereocenters. The van der Waals surface area contributed by atoms with Crippen molar-refractivity contribution < 1.29 is 0 Å². The van der Waals surface area contributed by atoms with Gasteiger partial charge in [-0.05, 0) is 35.5 Å². The van der Waals surface area contributed by atoms with Gasteiger partial charge in [-0.15, -0.1) is 0 Å². The van der Waals surface area contributed by atoms with Gasteiger partial charge in [0.25, 0.3) is 0 Å². The lowest BCUT2D eigenvalue weighted by Gasteiger charge is -2.36. The van der Waals surface area contributed by atoms with Gasteiger partial charge in [-0.25, -0.2) is 0 Å². The average Bonchev–Trinajstić information content (AvgIpc) is 2.63. The van der Waals surface area contributed by atoms with Gasteiger partial charge in [-0.2, -0.15) is 0 Å². The maximum Gasteiger partial charge on any atom is 0.157 e. The third-order valence-corrected chi connectivity index (χ3v) is 7.89. The first-order valence-corrected chi connectivity index (χ1v) is 9.21. The van der Waals surface area contributed by atoms with E-state index in [1.807, 2.05) is 11.8 Å². The van der Waals surface area contributed by atoms with Crippen molar-refractivity contribution in [1.29, 1.82) is 0 Å². The summed E-state index contributed by atoms with van der Waals surface area (Å²) in [5, 5.41) is 5.01. The highest BCUT2D eigenvalue weighted by Gasteiger charge is 2.64. The highest BCUT2D eigenvalue weighted by atomic mass is 32.2. The van der Waals surface area contributed by atoms with E-state index in [-0.39, 0.29) is 0 Å². The molecule has 3 heteroatoms. The SMILES string of the molecule is CC1CCCC2(CSC(=NCC3C(C)(C)C3(C)C)N2)C1. The molecule has 3 fully saturated rings. The van der Waals surface area contributed by atoms with Gasteiger partial charge in [0.2, 0.25) is 0 Å². The Kier molecular flexibility index (Phi) is 3.43. The molecule has 2 atom stereocenters. The summed E-state index contributed by atoms with van der Waals surface area (Å²) in [6.45, 7) is 12.9. The van der Waals surface area contributed by atoms with Crippen LogP contribution in [-0.4, -0.2) is 23.0 Å². The van der Waals surface area contributed by atoms with Crippen molar-refractivity contribution >= 4 is 16.9 Å². The second kappa shape index (κ2) is 4.66. The van der Waals surface area contributed by atoms with Crippen LogP contribution >= 0.6 is 11.8 Å². The van der Waals surface area contributed by atoms with E-state index >= 15 is 0 Å². The van der Waals surface area contributed by atoms with Gasteiger partial charge in [0.1, 0.15) is 0 Å². The Bertz CT molecular complexity index is 413. The van der Waals surface area contributed by atoms with Crippen molar-refractivity contribution in [2.75, 3.05) is 12.3 Å². The Balaban J connectivity index is 1.59. The number of rotatable bonds is 2. The first-order valence-electron chi connectivity index (χ1n) is 8.22. The molecule has 1 spiro atoms. The number of nitrogens with zero attached hydrogens (tertiary/aromatic N) is 1. The van der Waals surface area contributed by atoms with E-state index < -0.39 is 0 Å². The summed E-state index contributed by atoms with van der Waals surface area (Å²) in [5.41, 5.74) is 1.28. The topological polar surface area (TPSA) is 24.4 Å². The van der Waals surface area contributed by atoms with E-state index in [9.17, 15) is 0 Å². The van der Waals surface area contributed by atoms with Crippen LogP contribution in [0.3, 0.4) is 0 Å². The quantitative estimate of drug-likeness (QED) is 0.820. The number of amidine groups is 1. The predicted octanol–water partition coefficient (Wildman–Crippen LogP) is 4.31. The molecule has 20 heavy (non-hydrogen) atoms. The minimum absolute atomic E-state index is 0.371. The maximum atomic E-state index is 4.92. The molecule has 1 saturated heterocycles. The van der Waals surface area contributed by atoms with E-state index in [0.717, 1.165) is 18.4 Å². The zero-order chi connectivity index (χ0) is 14.6. The third kappa shape index (κ3) is 2.30. The summed E-state index contributed by atoms with van der Waals surface area (Å²) < 4.78 is 0. The van der Waals surface area contributed by atoms with Crippen molar-refractivity contribution in [3.8, 4) is 0 Å². The second-order valence-electron chi connectivity index (χ2n) is 8.54. The van der Waals surface area contributed by atoms with E-state index in [0.29, 0.717) is 16.4 Å². The minimum Gasteiger partial charge on any atom is -0.359 e. The van der Waals surface area contributed by atoms with Gasteiger partial charge in [0.05, 0.1) is 0 Å². The Labute approximate surface area is 128 Å². The maximum absolute atomic E-state index is 4.92. The molecule has 0 bridgehead atoms. The third-order valence-electron chi connectivity index (χ3n) is 6.69. The molecular weight excluding hydrogens is 264 g/mol. The van der Waals surface area contributed by atoms with Crippen LogP contribution in [0.1, 0.15) is 60.3 Å². The number of nitrogens with one attached hydrogen (secondary N) is 1. The van der Waals surface area contributed by atoms with Gasteiger partial charge in [-0.3, -0.25) is 4.99 Å². The molecule has 3 rings (SSSR count). The Morgan fingerprint density at radius 1 is 1.25 bits per heavy atom. The molecule has 0 radical (unpaired) electrons. The zero-order valence-electron chi connectivity index (χ0n) is 13.8. The lowest BCUT2D eigenvalue weighted by molar-refractivity contribution is 0.242. The van der Waals surface area contributed by atoms with Crippen molar-refractivity contribution in [3.05, 3.63) is 0 Å². The highest BCUT2D eigenvalue weighted by molar-refractivity contribution is 8.14. The second-order valence-corrected chi connectivity index (χ2v) is 9.50. The lowest BCUT2D eigenvalue weighted by atomic mass is 9.78. The smallest absolute Gasteiger partial charge is 0.157 e. The fourth-order valence-corrected chi connectivity index (χ4v) is 5.66. The zero-order valence-corrected chi connectivity index (χ0v) is 14.6. The fourth-order valence-electron chi connectivity index (χ4n) is 4.46. The van der Waals surface area contributed by atoms with Crippen molar-refractivity contribution in [3.63, 3.8) is 0 Å². The number of hydrogen-bond acceptors (Lipinski definition) is 2. The van der Waals surface area contributed by atoms with E-state index in [1.54, 1.807) is 0 Å². The van der Waals surface area contributed by atoms with Crippen molar-refractivity contribution in [2.45, 2.75) is 65.8 Å². The van der Waals surface area contributed by atoms with Crippen LogP contribution in [0.5, 0.6) is 0 Å². The summed E-state index contributed by atoms with van der Waals surface area (Å²) in [6, 6.07) is 0. The molecule has 0 amide bonds. The molecule has 1 heterocycles. The van der Waals surface area contributed by atoms with Crippen LogP contribution in [0, 0.1) is 22.7 Å². The summed E-state index contributed by atoms with van der Waals surface area (Å²) in [6.07, 6.45) is 5.46. The molecule has 2 saturated carbocycles. The summed E-state index contributed by atoms with van der Waals surface area (Å²) in [4.78, 5) is 4.92. The largest absolute Gasteiger partial charge is 0.359 e. The van der Waals surface area contributed by atoms with Gasteiger partial charge in [0.15, 0.2) is 5.17 Å². The lowest BCUT2D eigenvalue weighted by Crippen LogP contribution is -2.47. The Morgan fingerprint density at radius 3 is 2.55 bits per heavy atom. The number of aliphatic imine (C=N–C) groups is 1. The predicted molar refractivity (Wildman–Crippen MR) is 89.3 cm³/mol. The van der Waals surface area contributed by atoms with Crippen LogP contribution in [-0.2, 0) is 0 Å². The monoisotopic (exact) mass is 294 g/mol. The molecule has 1 aliphatic heterocycles. The minimum atomic E-state index is 0.371. The first-order chi connectivity index (χ1) is 9.27. The van der Waals surface area contributed by atoms with Gasteiger partial charge in [0, 0.05) is 17.8 Å². The van der Waals surface area contributed by atoms with Crippen LogP contribution in [0.4, 0.5) is 0 Å². The van der Waals surface area contributed by atoms with E-state index in [2.05, 4.69) is 39.9 Å². The van der Waals surface area contributed by atoms with Crippen LogP contribution in [0.25, 0.3) is 0 Å². The van der Waals surface area contributed by atoms with E-state index in [4.69, 9.17) is 4.99 Å². The molecule has 0 aromatic carbocycles. The first kappa shape index (κ1) is 14.7. The van der Waals surface area contributed by atoms with Gasteiger partial charge >= 0.3 is 0 Å². The molecule has 0 aromatic rings. The standard InChI is InChI=1S/C17H30N2S/c1-12-7-6-8-17(9-12)11-20-14(19-17)18-10-13-15(2,3)16(13,4)5/h12-13H,6-11H2,1-5H3,(H,18,19). The van der Waals surface area contributed by atoms with Crippen LogP contribution in [0.2, 0.25) is 0 Å². The Morgan fingerprint density at radius 2 is 1.95 bits per heavy atom. The number of hydrogen-bond donors (Lipinski definition) is 1. The summed E-state index contributed by atoms with van der Waals surface area (Å²) >= 11 is 1.96. The molecular formula is C17H30N2S. The fraction of sp³-hybridized carbons (Fsp3) is 0.941. The molecule has 2 nitrogen and oxygen atoms in total. The molecule has 0 aromatic heterocycles. The average molecular weight is 295 g/mol. The molecule has 2 aliphatic carbocycles. The van der Waals surface area contributed by atoms with Gasteiger partial charge < -0.3 is 5.32 Å².